The van der Waals surface area contributed by atoms with Crippen molar-refractivity contribution in [1.29, 1.82) is 0 Å². The van der Waals surface area contributed by atoms with Crippen molar-refractivity contribution in [2.45, 2.75) is 25.6 Å². The van der Waals surface area contributed by atoms with Crippen molar-refractivity contribution >= 4 is 28.2 Å². The molecule has 38 heavy (non-hydrogen) atoms. The number of benzene rings is 3. The second kappa shape index (κ2) is 9.52. The van der Waals surface area contributed by atoms with E-state index in [-0.39, 0.29) is 0 Å². The summed E-state index contributed by atoms with van der Waals surface area (Å²) in [6.07, 6.45) is 0.603. The third-order valence-electron chi connectivity index (χ3n) is 6.46. The Morgan fingerprint density at radius 2 is 1.82 bits per heavy atom. The monoisotopic (exact) mass is 509 g/mol. The van der Waals surface area contributed by atoms with Gasteiger partial charge in [-0.15, -0.1) is 10.2 Å². The van der Waals surface area contributed by atoms with Gasteiger partial charge < -0.3 is 15.2 Å². The van der Waals surface area contributed by atoms with Crippen LogP contribution < -0.4 is 10.1 Å². The topological polar surface area (TPSA) is 148 Å². The quantitative estimate of drug-likeness (QED) is 0.268. The molecule has 0 saturated heterocycles. The van der Waals surface area contributed by atoms with Crippen LogP contribution in [0.4, 0.5) is 5.69 Å². The third-order valence-corrected chi connectivity index (χ3v) is 6.46. The minimum Gasteiger partial charge on any atom is -0.492 e. The summed E-state index contributed by atoms with van der Waals surface area (Å²) in [7, 11) is 0. The summed E-state index contributed by atoms with van der Waals surface area (Å²) in [6, 6.07) is 18.3. The Balaban J connectivity index is 1.25. The predicted octanol–water partition coefficient (Wildman–Crippen LogP) is 2.56. The zero-order chi connectivity index (χ0) is 26.2. The SMILES string of the molecule is Cc1ccc(OCCn2cc3cc(-c4cc(NC5C(=O)C(=O)C5O)cc(-c5nn[nH]n5)c4)ccc3n2)cc1. The van der Waals surface area contributed by atoms with E-state index in [9.17, 15) is 14.7 Å². The molecule has 6 rings (SSSR count). The molecule has 0 radical (unpaired) electrons. The third kappa shape index (κ3) is 4.50. The predicted molar refractivity (Wildman–Crippen MR) is 138 cm³/mol. The molecule has 11 nitrogen and oxygen atoms in total. The van der Waals surface area contributed by atoms with E-state index in [4.69, 9.17) is 4.74 Å². The molecule has 11 heteroatoms. The maximum Gasteiger partial charge on any atom is 0.231 e. The highest BCUT2D eigenvalue weighted by molar-refractivity contribution is 6.49. The van der Waals surface area contributed by atoms with Crippen LogP contribution >= 0.6 is 0 Å². The Labute approximate surface area is 216 Å². The number of hydrogen-bond donors (Lipinski definition) is 3. The first-order valence-electron chi connectivity index (χ1n) is 12.0. The van der Waals surface area contributed by atoms with Gasteiger partial charge >= 0.3 is 0 Å². The van der Waals surface area contributed by atoms with Crippen molar-refractivity contribution < 1.29 is 19.4 Å². The Hall–Kier alpha value is -4.90. The van der Waals surface area contributed by atoms with Crippen LogP contribution in [0, 0.1) is 6.92 Å². The summed E-state index contributed by atoms with van der Waals surface area (Å²) in [6.45, 7) is 3.11. The van der Waals surface area contributed by atoms with E-state index in [1.807, 2.05) is 72.4 Å². The summed E-state index contributed by atoms with van der Waals surface area (Å²) in [5, 5.41) is 32.6. The van der Waals surface area contributed by atoms with Crippen molar-refractivity contribution in [3.63, 3.8) is 0 Å². The summed E-state index contributed by atoms with van der Waals surface area (Å²) >= 11 is 0. The molecule has 1 fully saturated rings. The van der Waals surface area contributed by atoms with Crippen molar-refractivity contribution in [1.82, 2.24) is 30.4 Å². The smallest absolute Gasteiger partial charge is 0.231 e. The van der Waals surface area contributed by atoms with Gasteiger partial charge in [-0.2, -0.15) is 10.3 Å². The van der Waals surface area contributed by atoms with Crippen LogP contribution in [0.15, 0.2) is 66.9 Å². The number of aliphatic hydroxyl groups excluding tert-OH is 1. The first kappa shape index (κ1) is 23.5. The number of H-pyrrole nitrogens is 1. The molecular weight excluding hydrogens is 486 g/mol. The number of tetrazole rings is 1. The summed E-state index contributed by atoms with van der Waals surface area (Å²) in [5.41, 5.74) is 4.93. The van der Waals surface area contributed by atoms with Crippen LogP contribution in [0.2, 0.25) is 0 Å². The highest BCUT2D eigenvalue weighted by Crippen LogP contribution is 2.32. The Kier molecular flexibility index (Phi) is 5.89. The van der Waals surface area contributed by atoms with Gasteiger partial charge in [0, 0.05) is 22.8 Å². The number of carbonyl (C=O) groups is 2. The van der Waals surface area contributed by atoms with Crippen LogP contribution in [0.25, 0.3) is 33.4 Å². The fraction of sp³-hybridized carbons (Fsp3) is 0.185. The zero-order valence-corrected chi connectivity index (χ0v) is 20.3. The highest BCUT2D eigenvalue weighted by atomic mass is 16.5. The summed E-state index contributed by atoms with van der Waals surface area (Å²) in [4.78, 5) is 23.4. The van der Waals surface area contributed by atoms with E-state index in [1.54, 1.807) is 6.07 Å². The summed E-state index contributed by atoms with van der Waals surface area (Å²) < 4.78 is 7.69. The number of ketones is 2. The van der Waals surface area contributed by atoms with Gasteiger partial charge in [0.25, 0.3) is 0 Å². The highest BCUT2D eigenvalue weighted by Gasteiger charge is 2.48. The lowest BCUT2D eigenvalue weighted by Gasteiger charge is -2.30. The molecular formula is C27H23N7O4. The molecule has 2 atom stereocenters. The van der Waals surface area contributed by atoms with Crippen LogP contribution in [0.5, 0.6) is 5.75 Å². The molecule has 2 aromatic heterocycles. The number of aliphatic hydroxyl groups is 1. The van der Waals surface area contributed by atoms with Crippen LogP contribution in [0.3, 0.4) is 0 Å². The maximum atomic E-state index is 11.9. The van der Waals surface area contributed by atoms with Gasteiger partial charge in [0.15, 0.2) is 0 Å². The number of nitrogens with one attached hydrogen (secondary N) is 2. The molecule has 1 aliphatic rings. The standard InChI is InChI=1S/C27H23N7O4/c1-15-2-5-21(6-3-15)38-9-8-34-14-19-10-16(4-7-22(19)31-34)17-11-18(27-29-32-33-30-27)13-20(12-17)28-23-24(35)26(37)25(23)36/h2-7,10-14,23-24,28,35H,8-9H2,1H3,(H,29,30,32,33). The average Bonchev–Trinajstić information content (AvgIpc) is 3.62. The Bertz CT molecular complexity index is 1640. The molecule has 5 aromatic rings. The molecule has 2 heterocycles. The van der Waals surface area contributed by atoms with E-state index in [0.29, 0.717) is 30.2 Å². The molecule has 1 saturated carbocycles. The number of Topliss-reactive ketones (excluding diaryl/α,β-unsaturated/α-hetero) is 2. The van der Waals surface area contributed by atoms with Gasteiger partial charge in [-0.3, -0.25) is 14.3 Å². The number of nitrogens with zero attached hydrogens (tertiary/aromatic N) is 5. The maximum absolute atomic E-state index is 11.9. The number of aryl methyl sites for hydroxylation is 1. The molecule has 0 spiro atoms. The first-order chi connectivity index (χ1) is 18.4. The van der Waals surface area contributed by atoms with E-state index < -0.39 is 23.7 Å². The largest absolute Gasteiger partial charge is 0.492 e. The van der Waals surface area contributed by atoms with Crippen molar-refractivity contribution in [3.05, 3.63) is 72.4 Å². The van der Waals surface area contributed by atoms with Crippen molar-refractivity contribution in [2.24, 2.45) is 0 Å². The molecule has 3 N–H and O–H groups in total. The number of anilines is 1. The Morgan fingerprint density at radius 1 is 1.00 bits per heavy atom. The molecule has 3 aromatic carbocycles. The van der Waals surface area contributed by atoms with E-state index in [2.05, 4.69) is 31.0 Å². The van der Waals surface area contributed by atoms with Gasteiger partial charge in [-0.25, -0.2) is 0 Å². The number of aromatic nitrogens is 6. The lowest BCUT2D eigenvalue weighted by molar-refractivity contribution is -0.152. The van der Waals surface area contributed by atoms with Crippen molar-refractivity contribution in [2.75, 3.05) is 11.9 Å². The number of hydrogen-bond acceptors (Lipinski definition) is 9. The summed E-state index contributed by atoms with van der Waals surface area (Å²) in [5.74, 6) is -0.247. The number of rotatable bonds is 8. The minimum atomic E-state index is -1.36. The molecule has 0 aliphatic heterocycles. The van der Waals surface area contributed by atoms with E-state index in [1.165, 1.54) is 5.56 Å². The van der Waals surface area contributed by atoms with Gasteiger partial charge in [-0.1, -0.05) is 23.8 Å². The van der Waals surface area contributed by atoms with Gasteiger partial charge in [0.2, 0.25) is 17.4 Å². The number of carbonyl (C=O) groups excluding carboxylic acids is 2. The van der Waals surface area contributed by atoms with Gasteiger partial charge in [0.05, 0.1) is 12.1 Å². The molecule has 190 valence electrons. The zero-order valence-electron chi connectivity index (χ0n) is 20.3. The number of ether oxygens (including phenoxy) is 1. The van der Waals surface area contributed by atoms with Crippen LogP contribution in [-0.2, 0) is 16.1 Å². The first-order valence-corrected chi connectivity index (χ1v) is 12.0. The second-order valence-corrected chi connectivity index (χ2v) is 9.16. The minimum absolute atomic E-state index is 0.369. The lowest BCUT2D eigenvalue weighted by atomic mass is 9.85. The number of aromatic amines is 1. The van der Waals surface area contributed by atoms with Crippen molar-refractivity contribution in [3.8, 4) is 28.3 Å². The molecule has 0 amide bonds. The van der Waals surface area contributed by atoms with E-state index >= 15 is 0 Å². The molecule has 1 aliphatic carbocycles. The average molecular weight is 510 g/mol. The fourth-order valence-corrected chi connectivity index (χ4v) is 4.37. The molecule has 2 unspecified atom stereocenters. The van der Waals surface area contributed by atoms with Gasteiger partial charge in [0.1, 0.15) is 24.5 Å². The molecule has 0 bridgehead atoms. The van der Waals surface area contributed by atoms with Gasteiger partial charge in [-0.05, 0) is 65.7 Å². The number of fused-ring (bicyclic) bond motifs is 1. The Morgan fingerprint density at radius 3 is 2.58 bits per heavy atom. The van der Waals surface area contributed by atoms with E-state index in [0.717, 1.165) is 27.8 Å². The van der Waals surface area contributed by atoms with Crippen LogP contribution in [-0.4, -0.2) is 65.8 Å². The lowest BCUT2D eigenvalue weighted by Crippen LogP contribution is -2.61. The second-order valence-electron chi connectivity index (χ2n) is 9.16. The normalized spacial score (nSPS) is 17.0. The fourth-order valence-electron chi connectivity index (χ4n) is 4.37. The van der Waals surface area contributed by atoms with Crippen LogP contribution in [0.1, 0.15) is 5.56 Å².